The number of rotatable bonds is 4. The van der Waals surface area contributed by atoms with E-state index in [1.165, 1.54) is 0 Å². The van der Waals surface area contributed by atoms with Crippen molar-refractivity contribution in [1.29, 1.82) is 5.26 Å². The molecule has 1 aromatic rings. The third-order valence-electron chi connectivity index (χ3n) is 1.33. The normalized spacial score (nSPS) is 9.43. The summed E-state index contributed by atoms with van der Waals surface area (Å²) in [5.41, 5.74) is 4.94. The van der Waals surface area contributed by atoms with Crippen LogP contribution in [0.3, 0.4) is 0 Å². The van der Waals surface area contributed by atoms with Crippen molar-refractivity contribution < 1.29 is 4.79 Å². The number of aromatic nitrogens is 1. The first-order chi connectivity index (χ1) is 6.63. The van der Waals surface area contributed by atoms with E-state index < -0.39 is 0 Å². The smallest absolute Gasteiger partial charge is 0.219 e. The van der Waals surface area contributed by atoms with Crippen molar-refractivity contribution in [2.75, 3.05) is 11.9 Å². The summed E-state index contributed by atoms with van der Waals surface area (Å²) in [7, 11) is 0. The van der Waals surface area contributed by atoms with Gasteiger partial charge in [0.1, 0.15) is 10.9 Å². The molecule has 0 aliphatic heterocycles. The second kappa shape index (κ2) is 4.79. The molecule has 0 saturated heterocycles. The van der Waals surface area contributed by atoms with Gasteiger partial charge in [0.15, 0.2) is 10.3 Å². The Hall–Kier alpha value is -1.32. The van der Waals surface area contributed by atoms with Gasteiger partial charge in [0.05, 0.1) is 0 Å². The van der Waals surface area contributed by atoms with Gasteiger partial charge in [-0.15, -0.1) is 0 Å². The second-order valence-electron chi connectivity index (χ2n) is 2.39. The Bertz CT molecular complexity index is 384. The maximum Gasteiger partial charge on any atom is 0.219 e. The average Bonchev–Trinajstić information content (AvgIpc) is 2.45. The number of nitrogens with two attached hydrogens (primary N) is 1. The van der Waals surface area contributed by atoms with Gasteiger partial charge in [-0.3, -0.25) is 4.79 Å². The molecule has 0 aliphatic rings. The highest BCUT2D eigenvalue weighted by Crippen LogP contribution is 2.25. The Labute approximate surface area is 89.5 Å². The third kappa shape index (κ3) is 2.87. The number of carbonyl (C=O) groups is 1. The number of nitrogens with zero attached hydrogens (tertiary/aromatic N) is 2. The van der Waals surface area contributed by atoms with Gasteiger partial charge in [0.2, 0.25) is 5.91 Å². The first-order valence-corrected chi connectivity index (χ1v) is 4.91. The lowest BCUT2D eigenvalue weighted by atomic mass is 10.4. The zero-order valence-electron chi connectivity index (χ0n) is 7.08. The molecule has 74 valence electrons. The van der Waals surface area contributed by atoms with Crippen LogP contribution >= 0.6 is 22.9 Å². The summed E-state index contributed by atoms with van der Waals surface area (Å²) in [4.78, 5) is 14.6. The first kappa shape index (κ1) is 10.8. The summed E-state index contributed by atoms with van der Waals surface area (Å²) in [6, 6.07) is 1.91. The van der Waals surface area contributed by atoms with Crippen LogP contribution in [-0.2, 0) is 4.79 Å². The maximum absolute atomic E-state index is 10.4. The zero-order chi connectivity index (χ0) is 10.6. The van der Waals surface area contributed by atoms with Gasteiger partial charge in [-0.05, 0) is 0 Å². The summed E-state index contributed by atoms with van der Waals surface area (Å²) < 4.78 is 0. The molecule has 0 aromatic carbocycles. The van der Waals surface area contributed by atoms with E-state index in [1.807, 2.05) is 6.07 Å². The van der Waals surface area contributed by atoms with Crippen LogP contribution in [0.2, 0.25) is 5.15 Å². The van der Waals surface area contributed by atoms with Crippen molar-refractivity contribution in [3.8, 4) is 6.07 Å². The Morgan fingerprint density at radius 2 is 2.50 bits per heavy atom. The van der Waals surface area contributed by atoms with Crippen molar-refractivity contribution in [2.24, 2.45) is 5.73 Å². The van der Waals surface area contributed by atoms with E-state index >= 15 is 0 Å². The molecule has 0 aliphatic carbocycles. The number of primary amides is 1. The maximum atomic E-state index is 10.4. The van der Waals surface area contributed by atoms with Crippen LogP contribution < -0.4 is 11.1 Å². The number of thiazole rings is 1. The Morgan fingerprint density at radius 1 is 1.79 bits per heavy atom. The number of halogens is 1. The van der Waals surface area contributed by atoms with Crippen LogP contribution in [-0.4, -0.2) is 17.4 Å². The minimum absolute atomic E-state index is 0.180. The van der Waals surface area contributed by atoms with Crippen LogP contribution in [0.5, 0.6) is 0 Å². The molecular formula is C7H7ClN4OS. The molecule has 1 heterocycles. The molecule has 0 atom stereocenters. The van der Waals surface area contributed by atoms with Crippen molar-refractivity contribution in [2.45, 2.75) is 6.42 Å². The van der Waals surface area contributed by atoms with Gasteiger partial charge >= 0.3 is 0 Å². The highest BCUT2D eigenvalue weighted by molar-refractivity contribution is 7.16. The fourth-order valence-corrected chi connectivity index (χ4v) is 1.71. The molecule has 0 fully saturated rings. The summed E-state index contributed by atoms with van der Waals surface area (Å²) >= 11 is 6.78. The Morgan fingerprint density at radius 3 is 3.00 bits per heavy atom. The van der Waals surface area contributed by atoms with Crippen LogP contribution in [0.4, 0.5) is 5.13 Å². The van der Waals surface area contributed by atoms with Crippen molar-refractivity contribution >= 4 is 34.0 Å². The molecular weight excluding hydrogens is 224 g/mol. The second-order valence-corrected chi connectivity index (χ2v) is 3.75. The molecule has 0 saturated carbocycles. The number of anilines is 1. The number of hydrogen-bond acceptors (Lipinski definition) is 5. The van der Waals surface area contributed by atoms with E-state index in [2.05, 4.69) is 10.3 Å². The zero-order valence-corrected chi connectivity index (χ0v) is 8.65. The molecule has 1 rings (SSSR count). The lowest BCUT2D eigenvalue weighted by Gasteiger charge is -1.97. The lowest BCUT2D eigenvalue weighted by Crippen LogP contribution is -2.15. The van der Waals surface area contributed by atoms with E-state index in [9.17, 15) is 4.79 Å². The predicted octanol–water partition coefficient (Wildman–Crippen LogP) is 0.955. The minimum Gasteiger partial charge on any atom is -0.370 e. The van der Waals surface area contributed by atoms with Crippen LogP contribution in [0.15, 0.2) is 0 Å². The van der Waals surface area contributed by atoms with Gasteiger partial charge in [-0.2, -0.15) is 5.26 Å². The molecule has 1 aromatic heterocycles. The number of carbonyl (C=O) groups excluding carboxylic acids is 1. The van der Waals surface area contributed by atoms with Crippen LogP contribution in [0, 0.1) is 11.3 Å². The average molecular weight is 231 g/mol. The number of nitrogens with one attached hydrogen (secondary N) is 1. The largest absolute Gasteiger partial charge is 0.370 e. The summed E-state index contributed by atoms with van der Waals surface area (Å²) in [6.45, 7) is 0.393. The van der Waals surface area contributed by atoms with Crippen LogP contribution in [0.1, 0.15) is 11.3 Å². The van der Waals surface area contributed by atoms with Crippen LogP contribution in [0.25, 0.3) is 0 Å². The fourth-order valence-electron chi connectivity index (χ4n) is 0.739. The molecule has 0 radical (unpaired) electrons. The molecule has 0 spiro atoms. The third-order valence-corrected chi connectivity index (χ3v) is 2.64. The number of amides is 1. The van der Waals surface area contributed by atoms with Gasteiger partial charge in [0.25, 0.3) is 0 Å². The fraction of sp³-hybridized carbons (Fsp3) is 0.286. The monoisotopic (exact) mass is 230 g/mol. The summed E-state index contributed by atoms with van der Waals surface area (Å²) in [5, 5.41) is 12.1. The summed E-state index contributed by atoms with van der Waals surface area (Å²) in [5.74, 6) is -0.388. The Kier molecular flexibility index (Phi) is 3.68. The van der Waals surface area contributed by atoms with E-state index in [1.54, 1.807) is 0 Å². The molecule has 1 amide bonds. The lowest BCUT2D eigenvalue weighted by molar-refractivity contribution is -0.117. The van der Waals surface area contributed by atoms with E-state index in [-0.39, 0.29) is 17.5 Å². The van der Waals surface area contributed by atoms with Crippen molar-refractivity contribution in [1.82, 2.24) is 4.98 Å². The number of hydrogen-bond donors (Lipinski definition) is 2. The SMILES string of the molecule is N#Cc1sc(NCCC(N)=O)nc1Cl. The molecule has 14 heavy (non-hydrogen) atoms. The first-order valence-electron chi connectivity index (χ1n) is 3.72. The van der Waals surface area contributed by atoms with E-state index in [4.69, 9.17) is 22.6 Å². The van der Waals surface area contributed by atoms with Crippen molar-refractivity contribution in [3.05, 3.63) is 10.0 Å². The van der Waals surface area contributed by atoms with E-state index in [0.717, 1.165) is 11.3 Å². The molecule has 5 nitrogen and oxygen atoms in total. The molecule has 0 unspecified atom stereocenters. The standard InChI is InChI=1S/C7H7ClN4OS/c8-6-4(3-9)14-7(12-6)11-2-1-5(10)13/h1-2H2,(H2,10,13)(H,11,12). The van der Waals surface area contributed by atoms with E-state index in [0.29, 0.717) is 16.6 Å². The van der Waals surface area contributed by atoms with Gasteiger partial charge in [-0.1, -0.05) is 22.9 Å². The topological polar surface area (TPSA) is 91.8 Å². The summed E-state index contributed by atoms with van der Waals surface area (Å²) in [6.07, 6.45) is 0.221. The van der Waals surface area contributed by atoms with Gasteiger partial charge < -0.3 is 11.1 Å². The molecule has 7 heteroatoms. The molecule has 0 bridgehead atoms. The quantitative estimate of drug-likeness (QED) is 0.806. The van der Waals surface area contributed by atoms with Crippen molar-refractivity contribution in [3.63, 3.8) is 0 Å². The number of nitriles is 1. The minimum atomic E-state index is -0.388. The molecule has 3 N–H and O–H groups in total. The van der Waals surface area contributed by atoms with Gasteiger partial charge in [0, 0.05) is 13.0 Å². The highest BCUT2D eigenvalue weighted by atomic mass is 35.5. The highest BCUT2D eigenvalue weighted by Gasteiger charge is 2.07. The van der Waals surface area contributed by atoms with Gasteiger partial charge in [-0.25, -0.2) is 4.98 Å². The predicted molar refractivity (Wildman–Crippen MR) is 54.1 cm³/mol. The Balaban J connectivity index is 2.52.